The van der Waals surface area contributed by atoms with Crippen molar-refractivity contribution in [2.24, 2.45) is 5.92 Å². The van der Waals surface area contributed by atoms with Gasteiger partial charge in [0.05, 0.1) is 6.20 Å². The summed E-state index contributed by atoms with van der Waals surface area (Å²) in [5, 5.41) is 7.75. The Morgan fingerprint density at radius 3 is 3.15 bits per heavy atom. The van der Waals surface area contributed by atoms with Gasteiger partial charge in [-0.2, -0.15) is 5.10 Å². The molecule has 1 unspecified atom stereocenters. The van der Waals surface area contributed by atoms with Gasteiger partial charge in [0.1, 0.15) is 5.82 Å². The molecule has 0 aromatic carbocycles. The Kier molecular flexibility index (Phi) is 3.87. The molecule has 1 aliphatic rings. The molecule has 3 heterocycles. The van der Waals surface area contributed by atoms with Crippen LogP contribution in [0.15, 0.2) is 24.5 Å². The van der Waals surface area contributed by atoms with E-state index in [2.05, 4.69) is 35.2 Å². The number of aromatic nitrogens is 3. The highest BCUT2D eigenvalue weighted by Gasteiger charge is 2.21. The summed E-state index contributed by atoms with van der Waals surface area (Å²) in [6.07, 6.45) is 6.34. The quantitative estimate of drug-likeness (QED) is 0.925. The summed E-state index contributed by atoms with van der Waals surface area (Å²) < 4.78 is 1.81. The van der Waals surface area contributed by atoms with E-state index in [1.165, 1.54) is 12.8 Å². The topological polar surface area (TPSA) is 45.5 Å². The molecule has 1 N–H and O–H groups in total. The highest BCUT2D eigenvalue weighted by Crippen LogP contribution is 2.21. The van der Waals surface area contributed by atoms with E-state index in [1.54, 1.807) is 6.20 Å². The minimum atomic E-state index is 0.562. The molecule has 0 radical (unpaired) electrons. The van der Waals surface area contributed by atoms with Gasteiger partial charge in [-0.1, -0.05) is 13.8 Å². The third kappa shape index (κ3) is 2.93. The van der Waals surface area contributed by atoms with Crippen molar-refractivity contribution in [2.75, 3.05) is 24.5 Å². The standard InChI is InChI=1S/C15H23N5/c1-12(2)16-10-13-4-3-8-19(11-13)14-6-9-20-15(18-14)5-7-17-20/h5-7,9,12-13,16H,3-4,8,10-11H2,1-2H3. The molecule has 2 aromatic heterocycles. The van der Waals surface area contributed by atoms with Gasteiger partial charge in [-0.05, 0) is 31.4 Å². The molecule has 1 saturated heterocycles. The van der Waals surface area contributed by atoms with E-state index in [9.17, 15) is 0 Å². The second-order valence-corrected chi connectivity index (χ2v) is 5.94. The number of nitrogens with one attached hydrogen (secondary N) is 1. The van der Waals surface area contributed by atoms with Crippen molar-refractivity contribution in [3.8, 4) is 0 Å². The Morgan fingerprint density at radius 2 is 2.30 bits per heavy atom. The van der Waals surface area contributed by atoms with Gasteiger partial charge >= 0.3 is 0 Å². The fourth-order valence-corrected chi connectivity index (χ4v) is 2.82. The van der Waals surface area contributed by atoms with Crippen LogP contribution in [0.3, 0.4) is 0 Å². The Hall–Kier alpha value is -1.62. The molecule has 0 spiro atoms. The van der Waals surface area contributed by atoms with E-state index in [0.29, 0.717) is 12.0 Å². The molecule has 1 atom stereocenters. The number of piperidine rings is 1. The van der Waals surface area contributed by atoms with Crippen LogP contribution in [0.25, 0.3) is 5.65 Å². The maximum absolute atomic E-state index is 4.69. The van der Waals surface area contributed by atoms with Crippen LogP contribution in [-0.2, 0) is 0 Å². The summed E-state index contributed by atoms with van der Waals surface area (Å²) in [5.41, 5.74) is 0.921. The van der Waals surface area contributed by atoms with Gasteiger partial charge in [0, 0.05) is 31.4 Å². The molecule has 0 aliphatic carbocycles. The average molecular weight is 273 g/mol. The lowest BCUT2D eigenvalue weighted by atomic mass is 9.98. The van der Waals surface area contributed by atoms with E-state index in [0.717, 1.165) is 31.1 Å². The number of anilines is 1. The van der Waals surface area contributed by atoms with Gasteiger partial charge in [-0.3, -0.25) is 0 Å². The average Bonchev–Trinajstić information content (AvgIpc) is 2.93. The van der Waals surface area contributed by atoms with Crippen molar-refractivity contribution < 1.29 is 0 Å². The number of hydrogen-bond donors (Lipinski definition) is 1. The number of rotatable bonds is 4. The molecule has 0 saturated carbocycles. The number of fused-ring (bicyclic) bond motifs is 1. The summed E-state index contributed by atoms with van der Waals surface area (Å²) >= 11 is 0. The Morgan fingerprint density at radius 1 is 1.40 bits per heavy atom. The zero-order chi connectivity index (χ0) is 13.9. The monoisotopic (exact) mass is 273 g/mol. The predicted octanol–water partition coefficient (Wildman–Crippen LogP) is 1.94. The van der Waals surface area contributed by atoms with Gasteiger partial charge in [-0.25, -0.2) is 9.50 Å². The molecule has 2 aromatic rings. The lowest BCUT2D eigenvalue weighted by Crippen LogP contribution is -2.41. The summed E-state index contributed by atoms with van der Waals surface area (Å²) in [6, 6.07) is 4.58. The smallest absolute Gasteiger partial charge is 0.157 e. The third-order valence-electron chi connectivity index (χ3n) is 3.90. The summed E-state index contributed by atoms with van der Waals surface area (Å²) in [7, 11) is 0. The minimum Gasteiger partial charge on any atom is -0.356 e. The van der Waals surface area contributed by atoms with Crippen LogP contribution < -0.4 is 10.2 Å². The predicted molar refractivity (Wildman–Crippen MR) is 81.1 cm³/mol. The van der Waals surface area contributed by atoms with Gasteiger partial charge in [0.25, 0.3) is 0 Å². The third-order valence-corrected chi connectivity index (χ3v) is 3.90. The molecule has 20 heavy (non-hydrogen) atoms. The number of hydrogen-bond acceptors (Lipinski definition) is 4. The molecule has 1 fully saturated rings. The summed E-state index contributed by atoms with van der Waals surface area (Å²) in [5.74, 6) is 1.79. The van der Waals surface area contributed by atoms with Crippen LogP contribution in [0.2, 0.25) is 0 Å². The molecule has 0 bridgehead atoms. The zero-order valence-corrected chi connectivity index (χ0v) is 12.3. The summed E-state index contributed by atoms with van der Waals surface area (Å²) in [4.78, 5) is 7.10. The SMILES string of the molecule is CC(C)NCC1CCCN(c2ccn3nccc3n2)C1. The first kappa shape index (κ1) is 13.4. The molecule has 1 aliphatic heterocycles. The summed E-state index contributed by atoms with van der Waals surface area (Å²) in [6.45, 7) is 7.71. The maximum atomic E-state index is 4.69. The molecule has 5 heteroatoms. The molecular formula is C15H23N5. The van der Waals surface area contributed by atoms with E-state index >= 15 is 0 Å². The largest absolute Gasteiger partial charge is 0.356 e. The highest BCUT2D eigenvalue weighted by molar-refractivity contribution is 5.47. The highest BCUT2D eigenvalue weighted by atomic mass is 15.3. The molecule has 5 nitrogen and oxygen atoms in total. The second-order valence-electron chi connectivity index (χ2n) is 5.94. The van der Waals surface area contributed by atoms with Crippen LogP contribution >= 0.6 is 0 Å². The van der Waals surface area contributed by atoms with Crippen molar-refractivity contribution in [3.63, 3.8) is 0 Å². The zero-order valence-electron chi connectivity index (χ0n) is 12.3. The van der Waals surface area contributed by atoms with E-state index in [-0.39, 0.29) is 0 Å². The Bertz CT molecular complexity index is 562. The number of nitrogens with zero attached hydrogens (tertiary/aromatic N) is 4. The fraction of sp³-hybridized carbons (Fsp3) is 0.600. The van der Waals surface area contributed by atoms with Gasteiger partial charge < -0.3 is 10.2 Å². The van der Waals surface area contributed by atoms with Crippen LogP contribution in [0, 0.1) is 5.92 Å². The first-order valence-electron chi connectivity index (χ1n) is 7.51. The fourth-order valence-electron chi connectivity index (χ4n) is 2.82. The van der Waals surface area contributed by atoms with Crippen LogP contribution in [-0.4, -0.2) is 40.3 Å². The van der Waals surface area contributed by atoms with Crippen molar-refractivity contribution in [2.45, 2.75) is 32.7 Å². The molecule has 3 rings (SSSR count). The van der Waals surface area contributed by atoms with E-state index < -0.39 is 0 Å². The lowest BCUT2D eigenvalue weighted by Gasteiger charge is -2.34. The first-order chi connectivity index (χ1) is 9.72. The van der Waals surface area contributed by atoms with E-state index in [4.69, 9.17) is 4.98 Å². The van der Waals surface area contributed by atoms with Crippen LogP contribution in [0.1, 0.15) is 26.7 Å². The van der Waals surface area contributed by atoms with Crippen molar-refractivity contribution in [1.29, 1.82) is 0 Å². The lowest BCUT2D eigenvalue weighted by molar-refractivity contribution is 0.378. The Labute approximate surface area is 120 Å². The first-order valence-corrected chi connectivity index (χ1v) is 7.51. The van der Waals surface area contributed by atoms with Crippen molar-refractivity contribution >= 4 is 11.5 Å². The Balaban J connectivity index is 1.69. The second kappa shape index (κ2) is 5.79. The molecule has 108 valence electrons. The maximum Gasteiger partial charge on any atom is 0.157 e. The minimum absolute atomic E-state index is 0.562. The van der Waals surface area contributed by atoms with Crippen molar-refractivity contribution in [3.05, 3.63) is 24.5 Å². The molecular weight excluding hydrogens is 250 g/mol. The van der Waals surface area contributed by atoms with Gasteiger partial charge in [0.15, 0.2) is 5.65 Å². The van der Waals surface area contributed by atoms with E-state index in [1.807, 2.05) is 16.8 Å². The molecule has 0 amide bonds. The normalized spacial score (nSPS) is 19.9. The van der Waals surface area contributed by atoms with Crippen LogP contribution in [0.5, 0.6) is 0 Å². The van der Waals surface area contributed by atoms with Gasteiger partial charge in [-0.15, -0.1) is 0 Å². The van der Waals surface area contributed by atoms with Crippen molar-refractivity contribution in [1.82, 2.24) is 19.9 Å². The van der Waals surface area contributed by atoms with Crippen LogP contribution in [0.4, 0.5) is 5.82 Å². The van der Waals surface area contributed by atoms with Gasteiger partial charge in [0.2, 0.25) is 0 Å².